The fraction of sp³-hybridized carbons (Fsp3) is 0.0769. The molecular formula is C13H11N3O5. The predicted molar refractivity (Wildman–Crippen MR) is 73.3 cm³/mol. The van der Waals surface area contributed by atoms with Gasteiger partial charge in [0.1, 0.15) is 11.5 Å². The molecule has 1 amide bonds. The Balaban J connectivity index is 2.09. The van der Waals surface area contributed by atoms with E-state index in [1.165, 1.54) is 12.1 Å². The lowest BCUT2D eigenvalue weighted by atomic mass is 10.2. The van der Waals surface area contributed by atoms with Crippen molar-refractivity contribution in [2.24, 2.45) is 5.10 Å². The van der Waals surface area contributed by atoms with E-state index in [0.29, 0.717) is 5.76 Å². The van der Waals surface area contributed by atoms with Crippen LogP contribution in [-0.2, 0) is 0 Å². The fourth-order valence-electron chi connectivity index (χ4n) is 1.53. The van der Waals surface area contributed by atoms with Crippen molar-refractivity contribution in [1.82, 2.24) is 5.43 Å². The average Bonchev–Trinajstić information content (AvgIpc) is 2.87. The fourth-order valence-corrected chi connectivity index (χ4v) is 1.53. The van der Waals surface area contributed by atoms with Crippen molar-refractivity contribution in [3.8, 4) is 5.75 Å². The zero-order chi connectivity index (χ0) is 15.4. The smallest absolute Gasteiger partial charge is 0.307 e. The van der Waals surface area contributed by atoms with Crippen LogP contribution in [0.3, 0.4) is 0 Å². The van der Waals surface area contributed by atoms with Crippen molar-refractivity contribution in [3.05, 3.63) is 57.5 Å². The monoisotopic (exact) mass is 289 g/mol. The van der Waals surface area contributed by atoms with Crippen molar-refractivity contribution in [2.75, 3.05) is 0 Å². The number of nitro groups is 1. The normalized spacial score (nSPS) is 10.7. The van der Waals surface area contributed by atoms with Crippen molar-refractivity contribution >= 4 is 17.8 Å². The van der Waals surface area contributed by atoms with E-state index in [4.69, 9.17) is 4.42 Å². The lowest BCUT2D eigenvalue weighted by molar-refractivity contribution is -0.384. The van der Waals surface area contributed by atoms with Gasteiger partial charge in [0, 0.05) is 17.7 Å². The van der Waals surface area contributed by atoms with Crippen LogP contribution in [-0.4, -0.2) is 22.2 Å². The quantitative estimate of drug-likeness (QED) is 0.506. The number of rotatable bonds is 4. The zero-order valence-corrected chi connectivity index (χ0v) is 10.9. The maximum atomic E-state index is 11.6. The van der Waals surface area contributed by atoms with Crippen LogP contribution in [0.25, 0.3) is 0 Å². The summed E-state index contributed by atoms with van der Waals surface area (Å²) in [6.45, 7) is 1.70. The second-order valence-electron chi connectivity index (χ2n) is 4.11. The molecule has 1 heterocycles. The van der Waals surface area contributed by atoms with Gasteiger partial charge < -0.3 is 9.52 Å². The number of phenolic OH excluding ortho intramolecular Hbond substituents is 1. The summed E-state index contributed by atoms with van der Waals surface area (Å²) in [6, 6.07) is 6.60. The Kier molecular flexibility index (Phi) is 3.98. The van der Waals surface area contributed by atoms with Gasteiger partial charge in [0.15, 0.2) is 5.76 Å². The summed E-state index contributed by atoms with van der Waals surface area (Å²) in [4.78, 5) is 21.7. The van der Waals surface area contributed by atoms with E-state index in [1.54, 1.807) is 13.0 Å². The van der Waals surface area contributed by atoms with Crippen molar-refractivity contribution in [3.63, 3.8) is 0 Å². The molecule has 108 valence electrons. The van der Waals surface area contributed by atoms with E-state index in [1.807, 2.05) is 0 Å². The number of carbonyl (C=O) groups is 1. The molecule has 0 unspecified atom stereocenters. The van der Waals surface area contributed by atoms with Gasteiger partial charge in [-0.05, 0) is 25.1 Å². The maximum Gasteiger partial charge on any atom is 0.307 e. The number of nitro benzene ring substituents is 1. The summed E-state index contributed by atoms with van der Waals surface area (Å²) in [5, 5.41) is 23.8. The number of nitrogens with zero attached hydrogens (tertiary/aromatic N) is 2. The topological polar surface area (TPSA) is 118 Å². The number of hydrazone groups is 1. The number of furan rings is 1. The molecule has 0 spiro atoms. The minimum atomic E-state index is -0.596. The summed E-state index contributed by atoms with van der Waals surface area (Å²) < 4.78 is 5.10. The van der Waals surface area contributed by atoms with Gasteiger partial charge in [0.05, 0.1) is 11.1 Å². The third kappa shape index (κ3) is 3.44. The largest absolute Gasteiger partial charge is 0.507 e. The number of hydrogen-bond donors (Lipinski definition) is 2. The lowest BCUT2D eigenvalue weighted by Crippen LogP contribution is -2.16. The first-order valence-electron chi connectivity index (χ1n) is 5.84. The van der Waals surface area contributed by atoms with Gasteiger partial charge >= 0.3 is 5.91 Å². The molecule has 2 rings (SSSR count). The molecule has 21 heavy (non-hydrogen) atoms. The Labute approximate surface area is 118 Å². The molecular weight excluding hydrogens is 278 g/mol. The molecule has 2 aromatic rings. The van der Waals surface area contributed by atoms with Crippen LogP contribution in [0.5, 0.6) is 5.75 Å². The van der Waals surface area contributed by atoms with E-state index < -0.39 is 10.8 Å². The molecule has 0 aliphatic heterocycles. The molecule has 8 heteroatoms. The summed E-state index contributed by atoms with van der Waals surface area (Å²) in [5.41, 5.74) is 2.11. The molecule has 0 saturated heterocycles. The molecule has 0 aliphatic rings. The van der Waals surface area contributed by atoms with E-state index in [2.05, 4.69) is 10.5 Å². The molecule has 0 radical (unpaired) electrons. The van der Waals surface area contributed by atoms with Gasteiger partial charge in [-0.3, -0.25) is 14.9 Å². The number of hydrogen-bond acceptors (Lipinski definition) is 6. The zero-order valence-electron chi connectivity index (χ0n) is 10.9. The van der Waals surface area contributed by atoms with Crippen LogP contribution in [0.15, 0.2) is 39.9 Å². The van der Waals surface area contributed by atoms with Crippen LogP contribution < -0.4 is 5.43 Å². The van der Waals surface area contributed by atoms with Crippen molar-refractivity contribution in [2.45, 2.75) is 6.92 Å². The van der Waals surface area contributed by atoms with Gasteiger partial charge in [-0.2, -0.15) is 5.10 Å². The van der Waals surface area contributed by atoms with Gasteiger partial charge in [-0.25, -0.2) is 5.43 Å². The number of aromatic hydroxyl groups is 1. The molecule has 1 aromatic carbocycles. The highest BCUT2D eigenvalue weighted by atomic mass is 16.6. The van der Waals surface area contributed by atoms with E-state index in [9.17, 15) is 20.0 Å². The van der Waals surface area contributed by atoms with Crippen molar-refractivity contribution in [1.29, 1.82) is 0 Å². The number of nitrogens with one attached hydrogen (secondary N) is 1. The average molecular weight is 289 g/mol. The van der Waals surface area contributed by atoms with Crippen LogP contribution in [0.2, 0.25) is 0 Å². The number of aryl methyl sites for hydroxylation is 1. The molecule has 0 fully saturated rings. The Morgan fingerprint density at radius 3 is 2.81 bits per heavy atom. The SMILES string of the molecule is Cc1ccc(C(=O)NN=Cc2cc([N+](=O)[O-])ccc2O)o1. The minimum absolute atomic E-state index is 0.0907. The summed E-state index contributed by atoms with van der Waals surface area (Å²) in [6.07, 6.45) is 1.11. The van der Waals surface area contributed by atoms with Crippen LogP contribution in [0.4, 0.5) is 5.69 Å². The summed E-state index contributed by atoms with van der Waals surface area (Å²) in [7, 11) is 0. The molecule has 0 aliphatic carbocycles. The highest BCUT2D eigenvalue weighted by Crippen LogP contribution is 2.21. The van der Waals surface area contributed by atoms with Crippen LogP contribution in [0.1, 0.15) is 21.9 Å². The lowest BCUT2D eigenvalue weighted by Gasteiger charge is -1.99. The molecule has 2 N–H and O–H groups in total. The molecule has 0 atom stereocenters. The Morgan fingerprint density at radius 1 is 1.43 bits per heavy atom. The number of carbonyl (C=O) groups excluding carboxylic acids is 1. The van der Waals surface area contributed by atoms with E-state index in [-0.39, 0.29) is 22.8 Å². The first-order valence-corrected chi connectivity index (χ1v) is 5.84. The first-order chi connectivity index (χ1) is 9.97. The number of benzene rings is 1. The highest BCUT2D eigenvalue weighted by molar-refractivity contribution is 5.92. The van der Waals surface area contributed by atoms with Crippen LogP contribution >= 0.6 is 0 Å². The van der Waals surface area contributed by atoms with Gasteiger partial charge in [-0.1, -0.05) is 0 Å². The number of non-ortho nitro benzene ring substituents is 1. The molecule has 0 saturated carbocycles. The minimum Gasteiger partial charge on any atom is -0.507 e. The Morgan fingerprint density at radius 2 is 2.19 bits per heavy atom. The van der Waals surface area contributed by atoms with Gasteiger partial charge in [0.25, 0.3) is 5.69 Å². The second-order valence-corrected chi connectivity index (χ2v) is 4.11. The third-order valence-electron chi connectivity index (χ3n) is 2.56. The predicted octanol–water partition coefficient (Wildman–Crippen LogP) is 1.97. The molecule has 0 bridgehead atoms. The first kappa shape index (κ1) is 14.3. The Hall–Kier alpha value is -3.16. The van der Waals surface area contributed by atoms with E-state index >= 15 is 0 Å². The van der Waals surface area contributed by atoms with Crippen LogP contribution in [0, 0.1) is 17.0 Å². The number of amides is 1. The molecule has 1 aromatic heterocycles. The summed E-state index contributed by atoms with van der Waals surface area (Å²) in [5.74, 6) is -0.0786. The van der Waals surface area contributed by atoms with Gasteiger partial charge in [0.2, 0.25) is 0 Å². The van der Waals surface area contributed by atoms with Gasteiger partial charge in [-0.15, -0.1) is 0 Å². The van der Waals surface area contributed by atoms with E-state index in [0.717, 1.165) is 18.3 Å². The highest BCUT2D eigenvalue weighted by Gasteiger charge is 2.10. The summed E-state index contributed by atoms with van der Waals surface area (Å²) >= 11 is 0. The Bertz CT molecular complexity index is 720. The maximum absolute atomic E-state index is 11.6. The second kappa shape index (κ2) is 5.87. The van der Waals surface area contributed by atoms with Crippen molar-refractivity contribution < 1.29 is 19.2 Å². The number of phenols is 1. The standard InChI is InChI=1S/C13H11N3O5/c1-8-2-5-12(21-8)13(18)15-14-7-9-6-10(16(19)20)3-4-11(9)17/h2-7,17H,1H3,(H,15,18). The molecule has 8 nitrogen and oxygen atoms in total. The third-order valence-corrected chi connectivity index (χ3v) is 2.56.